The van der Waals surface area contributed by atoms with E-state index in [9.17, 15) is 4.79 Å². The van der Waals surface area contributed by atoms with E-state index < -0.39 is 0 Å². The first-order valence-electron chi connectivity index (χ1n) is 6.40. The maximum atomic E-state index is 11.6. The Hall–Kier alpha value is -1.76. The number of aromatic nitrogens is 2. The lowest BCUT2D eigenvalue weighted by Crippen LogP contribution is -2.29. The van der Waals surface area contributed by atoms with E-state index in [0.29, 0.717) is 11.8 Å². The molecule has 1 aromatic rings. The van der Waals surface area contributed by atoms with Crippen molar-refractivity contribution in [1.29, 1.82) is 0 Å². The van der Waals surface area contributed by atoms with Gasteiger partial charge in [-0.15, -0.1) is 0 Å². The molecule has 1 amide bonds. The van der Waals surface area contributed by atoms with E-state index in [1.807, 2.05) is 6.20 Å². The van der Waals surface area contributed by atoms with Crippen LogP contribution < -0.4 is 5.32 Å². The summed E-state index contributed by atoms with van der Waals surface area (Å²) in [5.74, 6) is 6.67. The number of hydrogen-bond donors (Lipinski definition) is 2. The first kappa shape index (κ1) is 12.7. The minimum Gasteiger partial charge on any atom is -0.344 e. The highest BCUT2D eigenvalue weighted by Crippen LogP contribution is 2.40. The van der Waals surface area contributed by atoms with Gasteiger partial charge in [0.2, 0.25) is 0 Å². The zero-order valence-corrected chi connectivity index (χ0v) is 11.1. The second-order valence-corrected chi connectivity index (χ2v) is 5.04. The Morgan fingerprint density at radius 1 is 1.56 bits per heavy atom. The van der Waals surface area contributed by atoms with Gasteiger partial charge in [0, 0.05) is 11.9 Å². The lowest BCUT2D eigenvalue weighted by Gasteiger charge is -2.14. The summed E-state index contributed by atoms with van der Waals surface area (Å²) >= 11 is 0. The Bertz CT molecular complexity index is 489. The summed E-state index contributed by atoms with van der Waals surface area (Å²) in [7, 11) is 0. The van der Waals surface area contributed by atoms with Crippen molar-refractivity contribution >= 4 is 5.91 Å². The summed E-state index contributed by atoms with van der Waals surface area (Å²) in [6.45, 7) is 5.89. The maximum Gasteiger partial charge on any atom is 0.296 e. The van der Waals surface area contributed by atoms with Gasteiger partial charge in [0.05, 0.1) is 6.04 Å². The Morgan fingerprint density at radius 3 is 2.78 bits per heavy atom. The van der Waals surface area contributed by atoms with Crippen LogP contribution in [0.2, 0.25) is 0 Å². The molecule has 2 N–H and O–H groups in total. The highest BCUT2D eigenvalue weighted by atomic mass is 16.1. The Morgan fingerprint density at radius 2 is 2.28 bits per heavy atom. The minimum absolute atomic E-state index is 0.0224. The molecule has 0 saturated heterocycles. The van der Waals surface area contributed by atoms with Gasteiger partial charge in [-0.25, -0.2) is 4.98 Å². The van der Waals surface area contributed by atoms with Gasteiger partial charge in [-0.05, 0) is 37.5 Å². The lowest BCUT2D eigenvalue weighted by atomic mass is 10.1. The molecule has 2 rings (SSSR count). The third kappa shape index (κ3) is 2.92. The van der Waals surface area contributed by atoms with E-state index in [1.165, 1.54) is 0 Å². The Kier molecular flexibility index (Phi) is 3.71. The van der Waals surface area contributed by atoms with E-state index in [0.717, 1.165) is 24.4 Å². The monoisotopic (exact) mass is 245 g/mol. The second-order valence-electron chi connectivity index (χ2n) is 5.04. The molecule has 0 spiro atoms. The predicted octanol–water partition coefficient (Wildman–Crippen LogP) is 2.12. The van der Waals surface area contributed by atoms with Crippen molar-refractivity contribution in [1.82, 2.24) is 15.3 Å². The average Bonchev–Trinajstić information content (AvgIpc) is 3.03. The van der Waals surface area contributed by atoms with Crippen molar-refractivity contribution in [2.45, 2.75) is 45.6 Å². The van der Waals surface area contributed by atoms with Gasteiger partial charge in [-0.2, -0.15) is 0 Å². The summed E-state index contributed by atoms with van der Waals surface area (Å²) in [6, 6.07) is -0.0224. The Balaban J connectivity index is 2.13. The van der Waals surface area contributed by atoms with Gasteiger partial charge in [0.1, 0.15) is 5.82 Å². The van der Waals surface area contributed by atoms with E-state index >= 15 is 0 Å². The molecule has 1 unspecified atom stereocenters. The van der Waals surface area contributed by atoms with Crippen molar-refractivity contribution in [3.05, 3.63) is 17.7 Å². The fraction of sp³-hybridized carbons (Fsp3) is 0.571. The Labute approximate surface area is 108 Å². The number of rotatable bonds is 4. The molecule has 1 aromatic heterocycles. The van der Waals surface area contributed by atoms with Crippen molar-refractivity contribution in [3.8, 4) is 11.8 Å². The number of imidazole rings is 1. The van der Waals surface area contributed by atoms with Crippen molar-refractivity contribution in [3.63, 3.8) is 0 Å². The van der Waals surface area contributed by atoms with Crippen LogP contribution in [-0.2, 0) is 4.79 Å². The van der Waals surface area contributed by atoms with Crippen LogP contribution in [0.15, 0.2) is 6.20 Å². The van der Waals surface area contributed by atoms with Crippen molar-refractivity contribution in [2.24, 2.45) is 5.92 Å². The van der Waals surface area contributed by atoms with E-state index in [4.69, 9.17) is 0 Å². The standard InChI is InChI=1S/C14H19N3O/c1-4-5-12(18)17-13(10-6-7-10)14-15-8-11(16-14)9(2)3/h8-10,13H,6-7H2,1-3H3,(H,15,16)(H,17,18). The molecule has 96 valence electrons. The number of H-pyrrole nitrogens is 1. The number of nitrogens with one attached hydrogen (secondary N) is 2. The van der Waals surface area contributed by atoms with Crippen LogP contribution in [0.1, 0.15) is 57.1 Å². The molecule has 0 radical (unpaired) electrons. The van der Waals surface area contributed by atoms with E-state index in [-0.39, 0.29) is 11.9 Å². The molecule has 4 nitrogen and oxygen atoms in total. The smallest absolute Gasteiger partial charge is 0.296 e. The number of carbonyl (C=O) groups is 1. The van der Waals surface area contributed by atoms with Crippen molar-refractivity contribution in [2.75, 3.05) is 0 Å². The zero-order chi connectivity index (χ0) is 13.1. The van der Waals surface area contributed by atoms with Gasteiger partial charge in [-0.3, -0.25) is 4.79 Å². The van der Waals surface area contributed by atoms with Crippen LogP contribution in [0.4, 0.5) is 0 Å². The van der Waals surface area contributed by atoms with Gasteiger partial charge < -0.3 is 10.3 Å². The molecule has 1 atom stereocenters. The van der Waals surface area contributed by atoms with Gasteiger partial charge in [0.15, 0.2) is 0 Å². The highest BCUT2D eigenvalue weighted by molar-refractivity contribution is 5.93. The summed E-state index contributed by atoms with van der Waals surface area (Å²) in [5, 5.41) is 2.94. The van der Waals surface area contributed by atoms with Gasteiger partial charge >= 0.3 is 0 Å². The summed E-state index contributed by atoms with van der Waals surface area (Å²) in [6.07, 6.45) is 4.14. The molecule has 0 bridgehead atoms. The largest absolute Gasteiger partial charge is 0.344 e. The lowest BCUT2D eigenvalue weighted by molar-refractivity contribution is -0.116. The molecule has 1 saturated carbocycles. The molecule has 1 aliphatic carbocycles. The van der Waals surface area contributed by atoms with Crippen LogP contribution >= 0.6 is 0 Å². The third-order valence-corrected chi connectivity index (χ3v) is 3.15. The average molecular weight is 245 g/mol. The van der Waals surface area contributed by atoms with Crippen LogP contribution in [0.3, 0.4) is 0 Å². The third-order valence-electron chi connectivity index (χ3n) is 3.15. The second kappa shape index (κ2) is 5.26. The number of amides is 1. The molecular formula is C14H19N3O. The van der Waals surface area contributed by atoms with E-state index in [1.54, 1.807) is 6.92 Å². The molecular weight excluding hydrogens is 226 g/mol. The first-order chi connectivity index (χ1) is 8.61. The molecule has 1 heterocycles. The molecule has 4 heteroatoms. The molecule has 0 aromatic carbocycles. The molecule has 1 fully saturated rings. The normalized spacial score (nSPS) is 16.0. The number of carbonyl (C=O) groups excluding carboxylic acids is 1. The molecule has 0 aliphatic heterocycles. The maximum absolute atomic E-state index is 11.6. The minimum atomic E-state index is -0.225. The topological polar surface area (TPSA) is 57.8 Å². The molecule has 1 aliphatic rings. The van der Waals surface area contributed by atoms with Crippen LogP contribution in [0.25, 0.3) is 0 Å². The van der Waals surface area contributed by atoms with Gasteiger partial charge in [0.25, 0.3) is 5.91 Å². The predicted molar refractivity (Wildman–Crippen MR) is 69.7 cm³/mol. The quantitative estimate of drug-likeness (QED) is 0.798. The number of aromatic amines is 1. The number of hydrogen-bond acceptors (Lipinski definition) is 2. The molecule has 18 heavy (non-hydrogen) atoms. The SMILES string of the molecule is CC#CC(=O)NC(c1ncc(C(C)C)[nH]1)C1CC1. The highest BCUT2D eigenvalue weighted by Gasteiger charge is 2.35. The van der Waals surface area contributed by atoms with Gasteiger partial charge in [-0.1, -0.05) is 19.8 Å². The fourth-order valence-corrected chi connectivity index (χ4v) is 1.93. The first-order valence-corrected chi connectivity index (χ1v) is 6.40. The van der Waals surface area contributed by atoms with E-state index in [2.05, 4.69) is 41.0 Å². The number of nitrogens with zero attached hydrogens (tertiary/aromatic N) is 1. The van der Waals surface area contributed by atoms with Crippen LogP contribution in [-0.4, -0.2) is 15.9 Å². The van der Waals surface area contributed by atoms with Crippen LogP contribution in [0.5, 0.6) is 0 Å². The van der Waals surface area contributed by atoms with Crippen LogP contribution in [0, 0.1) is 17.8 Å². The summed E-state index contributed by atoms with van der Waals surface area (Å²) < 4.78 is 0. The fourth-order valence-electron chi connectivity index (χ4n) is 1.93. The van der Waals surface area contributed by atoms with Crippen molar-refractivity contribution < 1.29 is 4.79 Å². The summed E-state index contributed by atoms with van der Waals surface area (Å²) in [5.41, 5.74) is 1.10. The zero-order valence-electron chi connectivity index (χ0n) is 11.1. The summed E-state index contributed by atoms with van der Waals surface area (Å²) in [4.78, 5) is 19.3.